The number of benzene rings is 1. The Morgan fingerprint density at radius 3 is 2.11 bits per heavy atom. The summed E-state index contributed by atoms with van der Waals surface area (Å²) < 4.78 is 56.7. The van der Waals surface area contributed by atoms with Crippen LogP contribution >= 0.6 is 11.6 Å². The summed E-state index contributed by atoms with van der Waals surface area (Å²) >= 11 is 5.68. The van der Waals surface area contributed by atoms with Crippen LogP contribution in [0.15, 0.2) is 65.1 Å². The van der Waals surface area contributed by atoms with Crippen LogP contribution < -0.4 is 5.32 Å². The molecule has 2 aromatic rings. The fourth-order valence-corrected chi connectivity index (χ4v) is 4.00. The molecule has 3 rings (SSSR count). The minimum absolute atomic E-state index is 0.123. The predicted molar refractivity (Wildman–Crippen MR) is 125 cm³/mol. The SMILES string of the molecule is COC(=O)C1=C(C)NC(C)=C(C(=O)OCCOC(=O)c2ccc(Cl)nc2)C1c1ccccc1C(F)(F)F. The van der Waals surface area contributed by atoms with Gasteiger partial charge in [-0.3, -0.25) is 0 Å². The quantitative estimate of drug-likeness (QED) is 0.237. The van der Waals surface area contributed by atoms with E-state index in [2.05, 4.69) is 10.3 Å². The Hall–Kier alpha value is -3.86. The van der Waals surface area contributed by atoms with Gasteiger partial charge in [-0.05, 0) is 37.6 Å². The molecule has 1 aromatic heterocycles. The Kier molecular flexibility index (Phi) is 8.59. The highest BCUT2D eigenvalue weighted by molar-refractivity contribution is 6.29. The van der Waals surface area contributed by atoms with E-state index in [9.17, 15) is 27.6 Å². The number of aromatic nitrogens is 1. The first-order valence-corrected chi connectivity index (χ1v) is 11.2. The second kappa shape index (κ2) is 11.5. The maximum Gasteiger partial charge on any atom is 0.416 e. The van der Waals surface area contributed by atoms with E-state index < -0.39 is 42.2 Å². The van der Waals surface area contributed by atoms with Crippen molar-refractivity contribution in [1.82, 2.24) is 10.3 Å². The van der Waals surface area contributed by atoms with E-state index in [4.69, 9.17) is 25.8 Å². The number of nitrogens with one attached hydrogen (secondary N) is 1. The number of hydrogen-bond acceptors (Lipinski definition) is 8. The van der Waals surface area contributed by atoms with E-state index in [1.807, 2.05) is 0 Å². The number of dihydropyridines is 1. The van der Waals surface area contributed by atoms with Gasteiger partial charge in [0, 0.05) is 17.6 Å². The first kappa shape index (κ1) is 27.7. The molecule has 2 heterocycles. The lowest BCUT2D eigenvalue weighted by Crippen LogP contribution is -2.33. The standard InChI is InChI=1S/C25H22ClF3N2O6/c1-13-19(23(33)35-3)21(16-6-4-5-7-17(16)25(27,28)29)20(14(2)31-13)24(34)37-11-10-36-22(32)15-8-9-18(26)30-12-15/h4-9,12,21,31H,10-11H2,1-3H3. The van der Waals surface area contributed by atoms with Gasteiger partial charge in [0.2, 0.25) is 0 Å². The summed E-state index contributed by atoms with van der Waals surface area (Å²) in [4.78, 5) is 41.6. The zero-order valence-corrected chi connectivity index (χ0v) is 20.7. The van der Waals surface area contributed by atoms with Gasteiger partial charge in [-0.2, -0.15) is 13.2 Å². The summed E-state index contributed by atoms with van der Waals surface area (Å²) in [5, 5.41) is 3.03. The second-order valence-corrected chi connectivity index (χ2v) is 8.24. The lowest BCUT2D eigenvalue weighted by atomic mass is 9.78. The van der Waals surface area contributed by atoms with E-state index in [1.54, 1.807) is 0 Å². The van der Waals surface area contributed by atoms with Crippen molar-refractivity contribution in [3.05, 3.63) is 87.0 Å². The van der Waals surface area contributed by atoms with Crippen molar-refractivity contribution < 1.29 is 41.8 Å². The molecular formula is C25H22ClF3N2O6. The molecule has 1 atom stereocenters. The third-order valence-electron chi connectivity index (χ3n) is 5.48. The molecule has 196 valence electrons. The van der Waals surface area contributed by atoms with Crippen LogP contribution in [-0.4, -0.2) is 43.2 Å². The van der Waals surface area contributed by atoms with E-state index in [0.29, 0.717) is 0 Å². The van der Waals surface area contributed by atoms with Crippen molar-refractivity contribution >= 4 is 29.5 Å². The first-order chi connectivity index (χ1) is 17.5. The number of esters is 3. The molecule has 0 saturated heterocycles. The summed E-state index contributed by atoms with van der Waals surface area (Å²) in [6.07, 6.45) is -3.55. The molecule has 1 aromatic carbocycles. The van der Waals surface area contributed by atoms with Crippen LogP contribution in [0.5, 0.6) is 0 Å². The Morgan fingerprint density at radius 2 is 1.54 bits per heavy atom. The molecule has 0 radical (unpaired) electrons. The lowest BCUT2D eigenvalue weighted by Gasteiger charge is -2.31. The Bertz CT molecular complexity index is 1270. The van der Waals surface area contributed by atoms with Crippen LogP contribution in [0, 0.1) is 0 Å². The molecule has 0 aliphatic carbocycles. The van der Waals surface area contributed by atoms with Crippen molar-refractivity contribution in [2.75, 3.05) is 20.3 Å². The zero-order valence-electron chi connectivity index (χ0n) is 19.9. The molecular weight excluding hydrogens is 517 g/mol. The second-order valence-electron chi connectivity index (χ2n) is 7.85. The summed E-state index contributed by atoms with van der Waals surface area (Å²) in [6.45, 7) is 2.23. The van der Waals surface area contributed by atoms with Gasteiger partial charge in [0.25, 0.3) is 0 Å². The van der Waals surface area contributed by atoms with Crippen LogP contribution in [0.4, 0.5) is 13.2 Å². The van der Waals surface area contributed by atoms with Crippen LogP contribution in [0.25, 0.3) is 0 Å². The Balaban J connectivity index is 1.87. The van der Waals surface area contributed by atoms with Crippen LogP contribution in [-0.2, 0) is 30.0 Å². The van der Waals surface area contributed by atoms with Crippen molar-refractivity contribution in [2.45, 2.75) is 25.9 Å². The van der Waals surface area contributed by atoms with Crippen LogP contribution in [0.1, 0.15) is 41.3 Å². The molecule has 8 nitrogen and oxygen atoms in total. The number of alkyl halides is 3. The fourth-order valence-electron chi connectivity index (χ4n) is 3.89. The number of methoxy groups -OCH3 is 1. The number of allylic oxidation sites excluding steroid dienone is 2. The van der Waals surface area contributed by atoms with Crippen molar-refractivity contribution in [3.8, 4) is 0 Å². The highest BCUT2D eigenvalue weighted by Crippen LogP contribution is 2.44. The predicted octanol–water partition coefficient (Wildman–Crippen LogP) is 4.56. The highest BCUT2D eigenvalue weighted by atomic mass is 35.5. The third kappa shape index (κ3) is 6.29. The first-order valence-electron chi connectivity index (χ1n) is 10.8. The van der Waals surface area contributed by atoms with E-state index in [-0.39, 0.29) is 45.4 Å². The average Bonchev–Trinajstić information content (AvgIpc) is 2.85. The normalized spacial score (nSPS) is 15.7. The molecule has 0 amide bonds. The lowest BCUT2D eigenvalue weighted by molar-refractivity contribution is -0.142. The third-order valence-corrected chi connectivity index (χ3v) is 5.70. The van der Waals surface area contributed by atoms with Gasteiger partial charge in [-0.25, -0.2) is 19.4 Å². The van der Waals surface area contributed by atoms with Gasteiger partial charge in [0.15, 0.2) is 0 Å². The van der Waals surface area contributed by atoms with Crippen molar-refractivity contribution in [1.29, 1.82) is 0 Å². The van der Waals surface area contributed by atoms with Gasteiger partial charge >= 0.3 is 24.1 Å². The van der Waals surface area contributed by atoms with Gasteiger partial charge in [0.1, 0.15) is 18.4 Å². The molecule has 1 aliphatic rings. The van der Waals surface area contributed by atoms with Crippen LogP contribution in [0.3, 0.4) is 0 Å². The number of pyridine rings is 1. The van der Waals surface area contributed by atoms with Crippen molar-refractivity contribution in [2.24, 2.45) is 0 Å². The topological polar surface area (TPSA) is 104 Å². The summed E-state index contributed by atoms with van der Waals surface area (Å²) in [5.41, 5.74) is -1.16. The van der Waals surface area contributed by atoms with Gasteiger partial charge in [0.05, 0.1) is 35.3 Å². The maximum absolute atomic E-state index is 13.9. The van der Waals surface area contributed by atoms with E-state index in [1.165, 1.54) is 50.4 Å². The average molecular weight is 539 g/mol. The van der Waals surface area contributed by atoms with Crippen LogP contribution in [0.2, 0.25) is 5.15 Å². The summed E-state index contributed by atoms with van der Waals surface area (Å²) in [6, 6.07) is 7.44. The summed E-state index contributed by atoms with van der Waals surface area (Å²) in [7, 11) is 1.09. The van der Waals surface area contributed by atoms with E-state index >= 15 is 0 Å². The van der Waals surface area contributed by atoms with Gasteiger partial charge in [-0.15, -0.1) is 0 Å². The van der Waals surface area contributed by atoms with Crippen molar-refractivity contribution in [3.63, 3.8) is 0 Å². The molecule has 37 heavy (non-hydrogen) atoms. The zero-order chi connectivity index (χ0) is 27.3. The maximum atomic E-state index is 13.9. The molecule has 1 N–H and O–H groups in total. The molecule has 0 fully saturated rings. The number of hydrogen-bond donors (Lipinski definition) is 1. The smallest absolute Gasteiger partial charge is 0.416 e. The largest absolute Gasteiger partial charge is 0.466 e. The minimum Gasteiger partial charge on any atom is -0.466 e. The van der Waals surface area contributed by atoms with Gasteiger partial charge in [-0.1, -0.05) is 29.8 Å². The fraction of sp³-hybridized carbons (Fsp3) is 0.280. The summed E-state index contributed by atoms with van der Waals surface area (Å²) in [5.74, 6) is -4.07. The molecule has 1 unspecified atom stereocenters. The monoisotopic (exact) mass is 538 g/mol. The molecule has 1 aliphatic heterocycles. The Morgan fingerprint density at radius 1 is 0.946 bits per heavy atom. The highest BCUT2D eigenvalue weighted by Gasteiger charge is 2.43. The molecule has 0 bridgehead atoms. The number of carbonyl (C=O) groups is 3. The molecule has 0 saturated carbocycles. The molecule has 0 spiro atoms. The number of halogens is 4. The number of nitrogens with zero attached hydrogens (tertiary/aromatic N) is 1. The Labute approximate surface area is 215 Å². The number of ether oxygens (including phenoxy) is 3. The number of carbonyl (C=O) groups excluding carboxylic acids is 3. The molecule has 12 heteroatoms. The van der Waals surface area contributed by atoms with Gasteiger partial charge < -0.3 is 19.5 Å². The van der Waals surface area contributed by atoms with E-state index in [0.717, 1.165) is 13.2 Å². The number of rotatable bonds is 7. The minimum atomic E-state index is -4.76.